The van der Waals surface area contributed by atoms with E-state index in [4.69, 9.17) is 0 Å². The van der Waals surface area contributed by atoms with Crippen molar-refractivity contribution in [3.63, 3.8) is 0 Å². The van der Waals surface area contributed by atoms with Gasteiger partial charge in [-0.25, -0.2) is 14.8 Å². The van der Waals surface area contributed by atoms with Crippen molar-refractivity contribution in [1.29, 1.82) is 0 Å². The number of carbonyl (C=O) groups excluding carboxylic acids is 1. The first-order valence-corrected chi connectivity index (χ1v) is 10.7. The lowest BCUT2D eigenvalue weighted by Crippen LogP contribution is -2.31. The van der Waals surface area contributed by atoms with Crippen LogP contribution < -0.4 is 15.5 Å². The summed E-state index contributed by atoms with van der Waals surface area (Å²) in [6.45, 7) is 4.14. The van der Waals surface area contributed by atoms with Crippen molar-refractivity contribution >= 4 is 33.9 Å². The van der Waals surface area contributed by atoms with Crippen LogP contribution in [0.3, 0.4) is 0 Å². The molecule has 7 nitrogen and oxygen atoms in total. The number of rotatable bonds is 5. The Morgan fingerprint density at radius 1 is 1.17 bits per heavy atom. The molecular weight excluding hydrogens is 384 g/mol. The number of amides is 2. The molecule has 0 atom stereocenters. The lowest BCUT2D eigenvalue weighted by molar-refractivity contribution is 0.262. The number of imidazole rings is 1. The number of anilines is 3. The molecule has 1 saturated heterocycles. The molecule has 2 N–H and O–H groups in total. The molecule has 152 valence electrons. The molecule has 2 amide bonds. The summed E-state index contributed by atoms with van der Waals surface area (Å²) in [5.41, 5.74) is 3.12. The first-order chi connectivity index (χ1) is 14.1. The average Bonchev–Trinajstić information content (AvgIpc) is 3.33. The van der Waals surface area contributed by atoms with Crippen LogP contribution in [0.25, 0.3) is 0 Å². The van der Waals surface area contributed by atoms with Crippen LogP contribution >= 0.6 is 11.3 Å². The molecule has 0 saturated carbocycles. The van der Waals surface area contributed by atoms with Crippen molar-refractivity contribution in [2.24, 2.45) is 7.05 Å². The average molecular weight is 411 g/mol. The summed E-state index contributed by atoms with van der Waals surface area (Å²) in [6.07, 6.45) is 9.85. The van der Waals surface area contributed by atoms with E-state index in [-0.39, 0.29) is 6.03 Å². The first-order valence-electron chi connectivity index (χ1n) is 9.93. The van der Waals surface area contributed by atoms with Crippen molar-refractivity contribution < 1.29 is 4.79 Å². The number of piperidine rings is 1. The SMILES string of the molecule is Cc1ccc(NC(=O)Nc2ncc(Cc3nccn3C)s2)c(N2CCCCC2)c1. The van der Waals surface area contributed by atoms with Gasteiger partial charge in [0, 0.05) is 50.0 Å². The van der Waals surface area contributed by atoms with E-state index in [0.717, 1.165) is 35.2 Å². The Kier molecular flexibility index (Phi) is 5.80. The quantitative estimate of drug-likeness (QED) is 0.653. The lowest BCUT2D eigenvalue weighted by Gasteiger charge is -2.30. The number of nitrogens with zero attached hydrogens (tertiary/aromatic N) is 4. The van der Waals surface area contributed by atoms with E-state index in [9.17, 15) is 4.79 Å². The number of hydrogen-bond acceptors (Lipinski definition) is 5. The van der Waals surface area contributed by atoms with Crippen LogP contribution in [0.15, 0.2) is 36.8 Å². The highest BCUT2D eigenvalue weighted by atomic mass is 32.1. The molecule has 0 spiro atoms. The summed E-state index contributed by atoms with van der Waals surface area (Å²) >= 11 is 1.47. The summed E-state index contributed by atoms with van der Waals surface area (Å²) in [5.74, 6) is 0.968. The zero-order chi connectivity index (χ0) is 20.2. The molecule has 1 aliphatic heterocycles. The Bertz CT molecular complexity index is 989. The van der Waals surface area contributed by atoms with E-state index in [0.29, 0.717) is 11.6 Å². The third kappa shape index (κ3) is 4.76. The van der Waals surface area contributed by atoms with Gasteiger partial charge in [-0.05, 0) is 43.9 Å². The number of hydrogen-bond donors (Lipinski definition) is 2. The van der Waals surface area contributed by atoms with Crippen LogP contribution in [-0.4, -0.2) is 33.7 Å². The molecule has 29 heavy (non-hydrogen) atoms. The summed E-state index contributed by atoms with van der Waals surface area (Å²) in [6, 6.07) is 5.88. The Labute approximate surface area is 174 Å². The summed E-state index contributed by atoms with van der Waals surface area (Å²) in [5, 5.41) is 6.45. The molecule has 1 fully saturated rings. The molecule has 4 rings (SSSR count). The normalized spacial score (nSPS) is 14.1. The van der Waals surface area contributed by atoms with E-state index in [1.165, 1.54) is 36.2 Å². The van der Waals surface area contributed by atoms with Gasteiger partial charge in [-0.1, -0.05) is 6.07 Å². The Hall–Kier alpha value is -2.87. The van der Waals surface area contributed by atoms with E-state index >= 15 is 0 Å². The van der Waals surface area contributed by atoms with Crippen LogP contribution in [0.5, 0.6) is 0 Å². The number of aryl methyl sites for hydroxylation is 2. The highest BCUT2D eigenvalue weighted by Gasteiger charge is 2.17. The Balaban J connectivity index is 1.42. The molecule has 8 heteroatoms. The smallest absolute Gasteiger partial charge is 0.325 e. The molecule has 1 aromatic carbocycles. The molecule has 0 bridgehead atoms. The monoisotopic (exact) mass is 410 g/mol. The fourth-order valence-electron chi connectivity index (χ4n) is 3.56. The molecule has 3 heterocycles. The van der Waals surface area contributed by atoms with E-state index in [1.54, 1.807) is 12.4 Å². The van der Waals surface area contributed by atoms with Crippen LogP contribution in [-0.2, 0) is 13.5 Å². The highest BCUT2D eigenvalue weighted by molar-refractivity contribution is 7.15. The largest absolute Gasteiger partial charge is 0.370 e. The highest BCUT2D eigenvalue weighted by Crippen LogP contribution is 2.30. The lowest BCUT2D eigenvalue weighted by atomic mass is 10.1. The van der Waals surface area contributed by atoms with Crippen LogP contribution in [0, 0.1) is 6.92 Å². The third-order valence-corrected chi connectivity index (χ3v) is 6.04. The second-order valence-corrected chi connectivity index (χ2v) is 8.53. The van der Waals surface area contributed by atoms with Crippen molar-refractivity contribution in [3.8, 4) is 0 Å². The van der Waals surface area contributed by atoms with Gasteiger partial charge in [0.2, 0.25) is 0 Å². The van der Waals surface area contributed by atoms with Gasteiger partial charge in [-0.2, -0.15) is 0 Å². The Morgan fingerprint density at radius 2 is 2.00 bits per heavy atom. The zero-order valence-electron chi connectivity index (χ0n) is 16.8. The van der Waals surface area contributed by atoms with Gasteiger partial charge in [0.05, 0.1) is 11.4 Å². The summed E-state index contributed by atoms with van der Waals surface area (Å²) in [4.78, 5) is 24.7. The van der Waals surface area contributed by atoms with E-state index in [2.05, 4.69) is 38.5 Å². The van der Waals surface area contributed by atoms with Gasteiger partial charge in [0.25, 0.3) is 0 Å². The maximum Gasteiger partial charge on any atom is 0.325 e. The van der Waals surface area contributed by atoms with E-state index in [1.807, 2.05) is 29.9 Å². The Morgan fingerprint density at radius 3 is 2.76 bits per heavy atom. The second kappa shape index (κ2) is 8.65. The number of thiazole rings is 1. The van der Waals surface area contributed by atoms with Crippen molar-refractivity contribution in [2.45, 2.75) is 32.6 Å². The molecule has 2 aromatic heterocycles. The maximum atomic E-state index is 12.6. The van der Waals surface area contributed by atoms with Gasteiger partial charge >= 0.3 is 6.03 Å². The minimum atomic E-state index is -0.273. The number of urea groups is 1. The number of aromatic nitrogens is 3. The van der Waals surface area contributed by atoms with E-state index < -0.39 is 0 Å². The molecule has 1 aliphatic rings. The molecule has 0 unspecified atom stereocenters. The molecule has 0 aliphatic carbocycles. The van der Waals surface area contributed by atoms with Gasteiger partial charge in [0.15, 0.2) is 5.13 Å². The van der Waals surface area contributed by atoms with Crippen molar-refractivity contribution in [3.05, 3.63) is 53.1 Å². The number of benzene rings is 1. The van der Waals surface area contributed by atoms with Crippen LogP contribution in [0.1, 0.15) is 35.5 Å². The predicted octanol–water partition coefficient (Wildman–Crippen LogP) is 4.41. The minimum Gasteiger partial charge on any atom is -0.370 e. The van der Waals surface area contributed by atoms with Gasteiger partial charge in [-0.3, -0.25) is 5.32 Å². The second-order valence-electron chi connectivity index (χ2n) is 7.41. The van der Waals surface area contributed by atoms with Crippen molar-refractivity contribution in [2.75, 3.05) is 28.6 Å². The summed E-state index contributed by atoms with van der Waals surface area (Å²) < 4.78 is 1.99. The van der Waals surface area contributed by atoms with Crippen LogP contribution in [0.2, 0.25) is 0 Å². The minimum absolute atomic E-state index is 0.273. The molecule has 0 radical (unpaired) electrons. The zero-order valence-corrected chi connectivity index (χ0v) is 17.6. The topological polar surface area (TPSA) is 75.1 Å². The third-order valence-electron chi connectivity index (χ3n) is 5.13. The van der Waals surface area contributed by atoms with Gasteiger partial charge in [-0.15, -0.1) is 11.3 Å². The fraction of sp³-hybridized carbons (Fsp3) is 0.381. The standard InChI is InChI=1S/C21H26N6OS/c1-15-6-7-17(18(12-15)27-9-4-3-5-10-27)24-20(28)25-21-23-14-16(29-21)13-19-22-8-11-26(19)2/h6-8,11-12,14H,3-5,9-10,13H2,1-2H3,(H2,23,24,25,28). The first kappa shape index (κ1) is 19.4. The number of nitrogens with one attached hydrogen (secondary N) is 2. The van der Waals surface area contributed by atoms with Gasteiger partial charge < -0.3 is 14.8 Å². The van der Waals surface area contributed by atoms with Crippen LogP contribution in [0.4, 0.5) is 21.3 Å². The predicted molar refractivity (Wildman–Crippen MR) is 118 cm³/mol. The van der Waals surface area contributed by atoms with Gasteiger partial charge in [0.1, 0.15) is 5.82 Å². The molecular formula is C21H26N6OS. The van der Waals surface area contributed by atoms with Crippen molar-refractivity contribution in [1.82, 2.24) is 14.5 Å². The summed E-state index contributed by atoms with van der Waals surface area (Å²) in [7, 11) is 1.97. The number of carbonyl (C=O) groups is 1. The fourth-order valence-corrected chi connectivity index (χ4v) is 4.37. The molecule has 3 aromatic rings. The maximum absolute atomic E-state index is 12.6.